The Kier molecular flexibility index (Phi) is 5.18. The molecule has 0 aliphatic rings. The summed E-state index contributed by atoms with van der Waals surface area (Å²) in [5.74, 6) is -0.469. The lowest BCUT2D eigenvalue weighted by Gasteiger charge is -2.21. The molecule has 0 spiro atoms. The van der Waals surface area contributed by atoms with Crippen LogP contribution in [0.15, 0.2) is 18.2 Å². The zero-order chi connectivity index (χ0) is 14.6. The molecule has 1 rings (SSSR count). The predicted octanol–water partition coefficient (Wildman–Crippen LogP) is 1.36. The number of halogens is 1. The van der Waals surface area contributed by atoms with Crippen molar-refractivity contribution >= 4 is 23.4 Å². The maximum Gasteiger partial charge on any atom is 0.263 e. The van der Waals surface area contributed by atoms with Gasteiger partial charge in [0.2, 0.25) is 5.91 Å². The van der Waals surface area contributed by atoms with Crippen LogP contribution in [0.25, 0.3) is 0 Å². The second-order valence-electron chi connectivity index (χ2n) is 4.35. The minimum Gasteiger partial charge on any atom is -0.479 e. The van der Waals surface area contributed by atoms with Crippen molar-refractivity contribution in [2.75, 3.05) is 13.6 Å². The van der Waals surface area contributed by atoms with Crippen LogP contribution in [-0.4, -0.2) is 36.4 Å². The third-order valence-electron chi connectivity index (χ3n) is 2.51. The predicted molar refractivity (Wildman–Crippen MR) is 73.1 cm³/mol. The molecule has 104 valence electrons. The first kappa shape index (κ1) is 15.3. The van der Waals surface area contributed by atoms with E-state index in [1.807, 2.05) is 13.0 Å². The van der Waals surface area contributed by atoms with Crippen molar-refractivity contribution in [1.29, 1.82) is 0 Å². The molecule has 0 unspecified atom stereocenters. The van der Waals surface area contributed by atoms with Crippen LogP contribution < -0.4 is 10.5 Å². The monoisotopic (exact) mass is 284 g/mol. The Labute approximate surface area is 117 Å². The molecule has 1 aromatic rings. The van der Waals surface area contributed by atoms with Gasteiger partial charge in [-0.25, -0.2) is 0 Å². The van der Waals surface area contributed by atoms with E-state index in [2.05, 4.69) is 0 Å². The lowest BCUT2D eigenvalue weighted by Crippen LogP contribution is -2.42. The molecule has 2 N–H and O–H groups in total. The number of aryl methyl sites for hydroxylation is 1. The summed E-state index contributed by atoms with van der Waals surface area (Å²) in [6.07, 6.45) is -0.747. The number of amides is 2. The highest BCUT2D eigenvalue weighted by atomic mass is 35.5. The number of primary amides is 1. The fourth-order valence-corrected chi connectivity index (χ4v) is 1.73. The molecule has 0 heterocycles. The van der Waals surface area contributed by atoms with E-state index in [9.17, 15) is 9.59 Å². The number of carbonyl (C=O) groups excluding carboxylic acids is 2. The lowest BCUT2D eigenvalue weighted by atomic mass is 10.2. The maximum atomic E-state index is 11.9. The van der Waals surface area contributed by atoms with Gasteiger partial charge < -0.3 is 15.4 Å². The van der Waals surface area contributed by atoms with Crippen molar-refractivity contribution in [2.24, 2.45) is 5.73 Å². The number of rotatable bonds is 5. The zero-order valence-corrected chi connectivity index (χ0v) is 11.9. The third kappa shape index (κ3) is 4.44. The number of hydrogen-bond donors (Lipinski definition) is 1. The minimum absolute atomic E-state index is 0.145. The number of likely N-dealkylation sites (N-methyl/N-ethyl adjacent to an activating group) is 1. The molecule has 0 bridgehead atoms. The Morgan fingerprint density at radius 2 is 2.11 bits per heavy atom. The van der Waals surface area contributed by atoms with Crippen molar-refractivity contribution in [3.63, 3.8) is 0 Å². The summed E-state index contributed by atoms with van der Waals surface area (Å²) < 4.78 is 5.52. The first-order chi connectivity index (χ1) is 8.81. The largest absolute Gasteiger partial charge is 0.479 e. The molecule has 0 saturated carbocycles. The van der Waals surface area contributed by atoms with Crippen LogP contribution in [0.5, 0.6) is 5.75 Å². The normalized spacial score (nSPS) is 11.8. The van der Waals surface area contributed by atoms with Gasteiger partial charge in [-0.15, -0.1) is 0 Å². The standard InChI is InChI=1S/C13H17ClN2O3/c1-8-4-5-10(14)11(6-8)19-9(2)13(18)16(3)7-12(15)17/h4-6,9H,7H2,1-3H3,(H2,15,17)/t9-/m0/s1. The summed E-state index contributed by atoms with van der Waals surface area (Å²) >= 11 is 5.98. The number of hydrogen-bond acceptors (Lipinski definition) is 3. The lowest BCUT2D eigenvalue weighted by molar-refractivity contribution is -0.139. The van der Waals surface area contributed by atoms with Gasteiger partial charge in [-0.2, -0.15) is 0 Å². The van der Waals surface area contributed by atoms with E-state index in [1.165, 1.54) is 11.9 Å². The molecule has 0 radical (unpaired) electrons. The fraction of sp³-hybridized carbons (Fsp3) is 0.385. The van der Waals surface area contributed by atoms with E-state index in [1.54, 1.807) is 19.1 Å². The van der Waals surface area contributed by atoms with E-state index in [-0.39, 0.29) is 12.5 Å². The average molecular weight is 285 g/mol. The van der Waals surface area contributed by atoms with E-state index in [4.69, 9.17) is 22.1 Å². The van der Waals surface area contributed by atoms with Crippen LogP contribution >= 0.6 is 11.6 Å². The maximum absolute atomic E-state index is 11.9. The molecule has 19 heavy (non-hydrogen) atoms. The molecular formula is C13H17ClN2O3. The Morgan fingerprint density at radius 3 is 2.68 bits per heavy atom. The highest BCUT2D eigenvalue weighted by molar-refractivity contribution is 6.32. The quantitative estimate of drug-likeness (QED) is 0.887. The zero-order valence-electron chi connectivity index (χ0n) is 11.1. The number of carbonyl (C=O) groups is 2. The Balaban J connectivity index is 2.73. The van der Waals surface area contributed by atoms with E-state index in [0.29, 0.717) is 10.8 Å². The number of nitrogens with two attached hydrogens (primary N) is 1. The SMILES string of the molecule is Cc1ccc(Cl)c(O[C@@H](C)C(=O)N(C)CC(N)=O)c1. The first-order valence-corrected chi connectivity index (χ1v) is 6.15. The summed E-state index contributed by atoms with van der Waals surface area (Å²) in [7, 11) is 1.49. The topological polar surface area (TPSA) is 72.6 Å². The van der Waals surface area contributed by atoms with Crippen molar-refractivity contribution in [2.45, 2.75) is 20.0 Å². The average Bonchev–Trinajstić information content (AvgIpc) is 2.31. The van der Waals surface area contributed by atoms with Gasteiger partial charge in [0, 0.05) is 7.05 Å². The van der Waals surface area contributed by atoms with Crippen molar-refractivity contribution in [1.82, 2.24) is 4.90 Å². The van der Waals surface area contributed by atoms with Gasteiger partial charge in [0.05, 0.1) is 11.6 Å². The van der Waals surface area contributed by atoms with E-state index in [0.717, 1.165) is 5.56 Å². The van der Waals surface area contributed by atoms with E-state index < -0.39 is 12.0 Å². The molecule has 6 heteroatoms. The number of benzene rings is 1. The van der Waals surface area contributed by atoms with Gasteiger partial charge in [0.15, 0.2) is 6.10 Å². The molecule has 1 aromatic carbocycles. The second kappa shape index (κ2) is 6.43. The van der Waals surface area contributed by atoms with Gasteiger partial charge in [0.25, 0.3) is 5.91 Å². The fourth-order valence-electron chi connectivity index (χ4n) is 1.56. The van der Waals surface area contributed by atoms with Crippen molar-refractivity contribution in [3.05, 3.63) is 28.8 Å². The van der Waals surface area contributed by atoms with Crippen molar-refractivity contribution < 1.29 is 14.3 Å². The van der Waals surface area contributed by atoms with Crippen LogP contribution in [0.1, 0.15) is 12.5 Å². The Hall–Kier alpha value is -1.75. The molecule has 0 aliphatic heterocycles. The van der Waals surface area contributed by atoms with Crippen LogP contribution in [0.3, 0.4) is 0 Å². The van der Waals surface area contributed by atoms with Gasteiger partial charge in [-0.3, -0.25) is 9.59 Å². The van der Waals surface area contributed by atoms with Gasteiger partial charge in [-0.1, -0.05) is 17.7 Å². The smallest absolute Gasteiger partial charge is 0.263 e. The summed E-state index contributed by atoms with van der Waals surface area (Å²) in [5.41, 5.74) is 6.01. The number of ether oxygens (including phenoxy) is 1. The summed E-state index contributed by atoms with van der Waals surface area (Å²) in [6, 6.07) is 5.30. The Bertz CT molecular complexity index is 491. The van der Waals surface area contributed by atoms with Crippen molar-refractivity contribution in [3.8, 4) is 5.75 Å². The van der Waals surface area contributed by atoms with Crippen LogP contribution in [0, 0.1) is 6.92 Å². The van der Waals surface area contributed by atoms with Gasteiger partial charge in [-0.05, 0) is 31.5 Å². The summed E-state index contributed by atoms with van der Waals surface area (Å²) in [6.45, 7) is 3.35. The van der Waals surface area contributed by atoms with Crippen LogP contribution in [-0.2, 0) is 9.59 Å². The van der Waals surface area contributed by atoms with E-state index >= 15 is 0 Å². The second-order valence-corrected chi connectivity index (χ2v) is 4.76. The third-order valence-corrected chi connectivity index (χ3v) is 2.82. The molecular weight excluding hydrogens is 268 g/mol. The summed E-state index contributed by atoms with van der Waals surface area (Å²) in [4.78, 5) is 23.9. The molecule has 0 fully saturated rings. The highest BCUT2D eigenvalue weighted by Crippen LogP contribution is 2.26. The van der Waals surface area contributed by atoms with Gasteiger partial charge >= 0.3 is 0 Å². The molecule has 0 aromatic heterocycles. The molecule has 5 nitrogen and oxygen atoms in total. The Morgan fingerprint density at radius 1 is 1.47 bits per heavy atom. The van der Waals surface area contributed by atoms with Crippen LogP contribution in [0.2, 0.25) is 5.02 Å². The molecule has 0 saturated heterocycles. The highest BCUT2D eigenvalue weighted by Gasteiger charge is 2.21. The summed E-state index contributed by atoms with van der Waals surface area (Å²) in [5, 5.41) is 0.433. The molecule has 1 atom stereocenters. The van der Waals surface area contributed by atoms with Gasteiger partial charge in [0.1, 0.15) is 5.75 Å². The van der Waals surface area contributed by atoms with Crippen LogP contribution in [0.4, 0.5) is 0 Å². The number of nitrogens with zero attached hydrogens (tertiary/aromatic N) is 1. The first-order valence-electron chi connectivity index (χ1n) is 5.77. The molecule has 2 amide bonds. The minimum atomic E-state index is -0.747. The molecule has 0 aliphatic carbocycles.